The van der Waals surface area contributed by atoms with Crippen LogP contribution < -0.4 is 30.0 Å². The van der Waals surface area contributed by atoms with Crippen LogP contribution in [0.4, 0.5) is 10.5 Å². The van der Waals surface area contributed by atoms with E-state index in [9.17, 15) is 19.5 Å². The number of urea groups is 1. The van der Waals surface area contributed by atoms with Crippen LogP contribution >= 0.6 is 23.8 Å². The van der Waals surface area contributed by atoms with Gasteiger partial charge in [-0.1, -0.05) is 49.7 Å². The molecule has 1 aliphatic heterocycles. The number of ether oxygens (including phenoxy) is 4. The van der Waals surface area contributed by atoms with E-state index in [0.717, 1.165) is 17.7 Å². The van der Waals surface area contributed by atoms with Crippen molar-refractivity contribution >= 4 is 52.4 Å². The molecule has 3 aromatic carbocycles. The molecule has 3 amide bonds. The minimum atomic E-state index is -1.15. The largest absolute Gasteiger partial charge is 0.496 e. The number of methoxy groups -OCH3 is 4. The number of amides is 3. The molecule has 1 aliphatic rings. The number of anilines is 1. The van der Waals surface area contributed by atoms with Crippen molar-refractivity contribution in [3.8, 4) is 23.0 Å². The number of nitrogens with one attached hydrogen (secondary N) is 1. The van der Waals surface area contributed by atoms with Gasteiger partial charge in [-0.15, -0.1) is 0 Å². The molecule has 4 N–H and O–H groups in total. The van der Waals surface area contributed by atoms with Crippen LogP contribution in [-0.4, -0.2) is 79.3 Å². The molecule has 4 rings (SSSR count). The number of rotatable bonds is 14. The number of unbranched alkanes of at least 4 members (excludes halogenated alkanes) is 1. The molecule has 0 aromatic heterocycles. The van der Waals surface area contributed by atoms with E-state index < -0.39 is 29.9 Å². The summed E-state index contributed by atoms with van der Waals surface area (Å²) in [5.41, 5.74) is 8.11. The third-order valence-electron chi connectivity index (χ3n) is 8.67. The standard InChI is InChI=1S/C36H43ClN4O8S/c1-6-7-8-29(21-9-11-26(35(43)44)28(38)15-21)39-36(45)41-20-33(50)40(19-27-31(48-4)16-25(46-2)17-32(27)49-5)18-23(34(41)42)13-22-14-24(37)10-12-30(22)47-3/h9-12,14-17,23,29H,6-8,13,18-20,38H2,1-5H3,(H,39,45)(H,43,44)/t23-,29+/m0/s1. The van der Waals surface area contributed by atoms with Gasteiger partial charge in [0.1, 0.15) is 23.0 Å². The van der Waals surface area contributed by atoms with Crippen molar-refractivity contribution in [2.75, 3.05) is 47.3 Å². The number of nitrogens with zero attached hydrogens (tertiary/aromatic N) is 2. The van der Waals surface area contributed by atoms with Crippen LogP contribution in [0.15, 0.2) is 48.5 Å². The lowest BCUT2D eigenvalue weighted by atomic mass is 9.96. The molecular weight excluding hydrogens is 684 g/mol. The first-order valence-corrected chi connectivity index (χ1v) is 16.9. The number of thiocarbonyl (C=S) groups is 1. The van der Waals surface area contributed by atoms with Crippen molar-refractivity contribution in [2.45, 2.75) is 45.2 Å². The average molecular weight is 727 g/mol. The zero-order valence-electron chi connectivity index (χ0n) is 28.8. The minimum absolute atomic E-state index is 0.0353. The van der Waals surface area contributed by atoms with E-state index in [4.69, 9.17) is 48.5 Å². The fourth-order valence-corrected chi connectivity index (χ4v) is 6.47. The normalized spacial score (nSPS) is 15.3. The van der Waals surface area contributed by atoms with E-state index in [1.54, 1.807) is 63.8 Å². The predicted molar refractivity (Wildman–Crippen MR) is 195 cm³/mol. The minimum Gasteiger partial charge on any atom is -0.496 e. The van der Waals surface area contributed by atoms with Gasteiger partial charge in [-0.2, -0.15) is 0 Å². The first-order valence-electron chi connectivity index (χ1n) is 16.1. The van der Waals surface area contributed by atoms with E-state index in [-0.39, 0.29) is 37.3 Å². The van der Waals surface area contributed by atoms with Crippen LogP contribution in [0.25, 0.3) is 0 Å². The molecule has 0 bridgehead atoms. The summed E-state index contributed by atoms with van der Waals surface area (Å²) in [4.78, 5) is 43.5. The number of nitrogen functional groups attached to an aromatic ring is 1. The van der Waals surface area contributed by atoms with Crippen molar-refractivity contribution in [1.29, 1.82) is 0 Å². The van der Waals surface area contributed by atoms with Gasteiger partial charge in [0, 0.05) is 29.4 Å². The second-order valence-corrected chi connectivity index (χ2v) is 12.8. The van der Waals surface area contributed by atoms with Gasteiger partial charge in [0.15, 0.2) is 0 Å². The Balaban J connectivity index is 1.72. The lowest BCUT2D eigenvalue weighted by Crippen LogP contribution is -2.48. The predicted octanol–water partition coefficient (Wildman–Crippen LogP) is 6.13. The maximum absolute atomic E-state index is 14.4. The number of imide groups is 1. The molecule has 0 radical (unpaired) electrons. The lowest BCUT2D eigenvalue weighted by Gasteiger charge is -2.27. The Labute approximate surface area is 302 Å². The number of hydrogen-bond donors (Lipinski definition) is 3. The number of hydrogen-bond acceptors (Lipinski definition) is 9. The number of aromatic carboxylic acids is 1. The highest BCUT2D eigenvalue weighted by molar-refractivity contribution is 7.80. The topological polar surface area (TPSA) is 153 Å². The van der Waals surface area contributed by atoms with Crippen molar-refractivity contribution in [2.24, 2.45) is 5.92 Å². The van der Waals surface area contributed by atoms with Crippen molar-refractivity contribution in [1.82, 2.24) is 15.1 Å². The highest BCUT2D eigenvalue weighted by Crippen LogP contribution is 2.36. The van der Waals surface area contributed by atoms with Gasteiger partial charge < -0.3 is 40.0 Å². The van der Waals surface area contributed by atoms with E-state index in [1.165, 1.54) is 13.2 Å². The molecule has 50 heavy (non-hydrogen) atoms. The number of carbonyl (C=O) groups excluding carboxylic acids is 2. The highest BCUT2D eigenvalue weighted by atomic mass is 35.5. The fourth-order valence-electron chi connectivity index (χ4n) is 6.00. The van der Waals surface area contributed by atoms with Crippen LogP contribution in [0, 0.1) is 5.92 Å². The molecule has 1 saturated heterocycles. The molecule has 3 aromatic rings. The van der Waals surface area contributed by atoms with Crippen molar-refractivity contribution in [3.63, 3.8) is 0 Å². The zero-order chi connectivity index (χ0) is 36.5. The number of carboxylic acid groups (broad SMARTS) is 1. The zero-order valence-corrected chi connectivity index (χ0v) is 30.4. The van der Waals surface area contributed by atoms with Crippen LogP contribution in [0.1, 0.15) is 59.3 Å². The van der Waals surface area contributed by atoms with Gasteiger partial charge in [0.25, 0.3) is 0 Å². The lowest BCUT2D eigenvalue weighted by molar-refractivity contribution is -0.131. The third kappa shape index (κ3) is 8.88. The molecule has 0 unspecified atom stereocenters. The van der Waals surface area contributed by atoms with E-state index >= 15 is 0 Å². The molecule has 14 heteroatoms. The van der Waals surface area contributed by atoms with E-state index in [1.807, 2.05) is 11.8 Å². The molecule has 12 nitrogen and oxygen atoms in total. The maximum Gasteiger partial charge on any atom is 0.337 e. The maximum atomic E-state index is 14.4. The van der Waals surface area contributed by atoms with Gasteiger partial charge in [-0.3, -0.25) is 9.69 Å². The summed E-state index contributed by atoms with van der Waals surface area (Å²) in [5.74, 6) is -0.215. The second kappa shape index (κ2) is 17.3. The number of carbonyl (C=O) groups is 3. The number of halogens is 1. The number of carboxylic acids is 1. The fraction of sp³-hybridized carbons (Fsp3) is 0.389. The highest BCUT2D eigenvalue weighted by Gasteiger charge is 2.38. The summed E-state index contributed by atoms with van der Waals surface area (Å²) < 4.78 is 22.4. The Morgan fingerprint density at radius 3 is 2.28 bits per heavy atom. The van der Waals surface area contributed by atoms with Gasteiger partial charge >= 0.3 is 12.0 Å². The summed E-state index contributed by atoms with van der Waals surface area (Å²) in [6.07, 6.45) is 2.34. The van der Waals surface area contributed by atoms with Crippen molar-refractivity contribution in [3.05, 3.63) is 75.8 Å². The van der Waals surface area contributed by atoms with Gasteiger partial charge in [-0.05, 0) is 54.3 Å². The average Bonchev–Trinajstić information content (AvgIpc) is 3.21. The molecule has 268 valence electrons. The Kier molecular flexibility index (Phi) is 13.1. The first-order chi connectivity index (χ1) is 23.9. The summed E-state index contributed by atoms with van der Waals surface area (Å²) in [6.45, 7) is 2.25. The second-order valence-electron chi connectivity index (χ2n) is 11.9. The van der Waals surface area contributed by atoms with Gasteiger partial charge in [-0.25, -0.2) is 9.59 Å². The van der Waals surface area contributed by atoms with E-state index in [0.29, 0.717) is 56.1 Å². The number of benzene rings is 3. The SMILES string of the molecule is CCCC[C@@H](NC(=O)N1CC(=S)N(Cc2c(OC)cc(OC)cc2OC)C[C@H](Cc2cc(Cl)ccc2OC)C1=O)c1ccc(C(=O)O)c(N)c1. The Bertz CT molecular complexity index is 1710. The Morgan fingerprint density at radius 2 is 1.70 bits per heavy atom. The first kappa shape index (κ1) is 38.1. The summed E-state index contributed by atoms with van der Waals surface area (Å²) in [6, 6.07) is 12.1. The molecule has 2 atom stereocenters. The molecule has 1 heterocycles. The molecule has 0 saturated carbocycles. The molecule has 0 aliphatic carbocycles. The van der Waals surface area contributed by atoms with Crippen LogP contribution in [0.5, 0.6) is 23.0 Å². The molecule has 0 spiro atoms. The van der Waals surface area contributed by atoms with Crippen LogP contribution in [-0.2, 0) is 17.8 Å². The summed E-state index contributed by atoms with van der Waals surface area (Å²) >= 11 is 12.3. The monoisotopic (exact) mass is 726 g/mol. The number of nitrogens with two attached hydrogens (primary N) is 1. The summed E-state index contributed by atoms with van der Waals surface area (Å²) in [5, 5.41) is 12.9. The summed E-state index contributed by atoms with van der Waals surface area (Å²) in [7, 11) is 6.17. The smallest absolute Gasteiger partial charge is 0.337 e. The molecule has 1 fully saturated rings. The van der Waals surface area contributed by atoms with Crippen molar-refractivity contribution < 1.29 is 38.4 Å². The van der Waals surface area contributed by atoms with Crippen LogP contribution in [0.3, 0.4) is 0 Å². The quantitative estimate of drug-likeness (QED) is 0.130. The van der Waals surface area contributed by atoms with Gasteiger partial charge in [0.2, 0.25) is 5.91 Å². The Hall–Kier alpha value is -4.75. The van der Waals surface area contributed by atoms with Crippen LogP contribution in [0.2, 0.25) is 5.02 Å². The van der Waals surface area contributed by atoms with E-state index in [2.05, 4.69) is 5.32 Å². The Morgan fingerprint density at radius 1 is 1.02 bits per heavy atom. The van der Waals surface area contributed by atoms with Gasteiger partial charge in [0.05, 0.1) is 69.6 Å². The molecular formula is C36H43ClN4O8S. The third-order valence-corrected chi connectivity index (χ3v) is 9.30.